The molecule has 2 heterocycles. The normalized spacial score (nSPS) is 16.5. The number of rotatable bonds is 5. The molecule has 1 N–H and O–H groups in total. The Morgan fingerprint density at radius 3 is 2.71 bits per heavy atom. The lowest BCUT2D eigenvalue weighted by Crippen LogP contribution is -2.40. The topological polar surface area (TPSA) is 48.5 Å². The van der Waals surface area contributed by atoms with E-state index in [1.54, 1.807) is 0 Å². The number of carbonyl (C=O) groups excluding carboxylic acids is 1. The molecule has 1 unspecified atom stereocenters. The van der Waals surface area contributed by atoms with Crippen LogP contribution in [0.15, 0.2) is 36.5 Å². The van der Waals surface area contributed by atoms with Crippen LogP contribution in [-0.2, 0) is 4.79 Å². The molecule has 0 bridgehead atoms. The summed E-state index contributed by atoms with van der Waals surface area (Å²) < 4.78 is 0. The van der Waals surface area contributed by atoms with Crippen LogP contribution >= 0.6 is 0 Å². The van der Waals surface area contributed by atoms with Gasteiger partial charge in [0.1, 0.15) is 0 Å². The summed E-state index contributed by atoms with van der Waals surface area (Å²) in [5.74, 6) is 0.0987. The Kier molecular flexibility index (Phi) is 6.68. The number of aromatic nitrogens is 1. The molecule has 0 saturated carbocycles. The predicted octanol–water partition coefficient (Wildman–Crippen LogP) is 3.40. The fourth-order valence-electron chi connectivity index (χ4n) is 3.91. The van der Waals surface area contributed by atoms with E-state index in [1.165, 1.54) is 22.4 Å². The van der Waals surface area contributed by atoms with Gasteiger partial charge in [0.15, 0.2) is 0 Å². The van der Waals surface area contributed by atoms with E-state index in [2.05, 4.69) is 71.2 Å². The molecule has 0 radical (unpaired) electrons. The summed E-state index contributed by atoms with van der Waals surface area (Å²) >= 11 is 0. The number of hydrogen-bond donors (Lipinski definition) is 1. The zero-order chi connectivity index (χ0) is 20.1. The second-order valence-electron chi connectivity index (χ2n) is 7.92. The maximum atomic E-state index is 12.6. The van der Waals surface area contributed by atoms with E-state index in [-0.39, 0.29) is 11.9 Å². The number of nitrogens with zero attached hydrogens (tertiary/aromatic N) is 3. The van der Waals surface area contributed by atoms with Crippen LogP contribution in [0.4, 0.5) is 5.69 Å². The highest BCUT2D eigenvalue weighted by Crippen LogP contribution is 2.19. The lowest BCUT2D eigenvalue weighted by Gasteiger charge is -2.24. The number of aryl methyl sites for hydroxylation is 3. The molecule has 1 aliphatic heterocycles. The van der Waals surface area contributed by atoms with Crippen LogP contribution in [-0.4, -0.2) is 48.5 Å². The summed E-state index contributed by atoms with van der Waals surface area (Å²) in [6, 6.07) is 10.6. The zero-order valence-electron chi connectivity index (χ0n) is 17.5. The fraction of sp³-hybridized carbons (Fsp3) is 0.478. The third kappa shape index (κ3) is 5.32. The number of pyridine rings is 1. The van der Waals surface area contributed by atoms with Gasteiger partial charge in [-0.2, -0.15) is 0 Å². The molecule has 2 aromatic rings. The van der Waals surface area contributed by atoms with E-state index in [4.69, 9.17) is 0 Å². The quantitative estimate of drug-likeness (QED) is 0.864. The van der Waals surface area contributed by atoms with E-state index < -0.39 is 0 Å². The fourth-order valence-corrected chi connectivity index (χ4v) is 3.91. The van der Waals surface area contributed by atoms with Crippen LogP contribution in [0.3, 0.4) is 0 Å². The number of anilines is 1. The van der Waals surface area contributed by atoms with Crippen molar-refractivity contribution in [2.75, 3.05) is 37.6 Å². The summed E-state index contributed by atoms with van der Waals surface area (Å²) in [6.07, 6.45) is 2.93. The predicted molar refractivity (Wildman–Crippen MR) is 115 cm³/mol. The summed E-state index contributed by atoms with van der Waals surface area (Å²) in [7, 11) is 0. The summed E-state index contributed by atoms with van der Waals surface area (Å²) in [5, 5.41) is 3.18. The van der Waals surface area contributed by atoms with Crippen molar-refractivity contribution in [1.82, 2.24) is 15.2 Å². The molecule has 150 valence electrons. The minimum absolute atomic E-state index is 0.0238. The first kappa shape index (κ1) is 20.3. The highest BCUT2D eigenvalue weighted by molar-refractivity contribution is 5.78. The second kappa shape index (κ2) is 9.20. The first-order valence-electron chi connectivity index (χ1n) is 10.2. The molecular formula is C23H32N4O. The maximum Gasteiger partial charge on any atom is 0.234 e. The molecule has 5 heteroatoms. The van der Waals surface area contributed by atoms with Crippen LogP contribution in [0.1, 0.15) is 41.8 Å². The smallest absolute Gasteiger partial charge is 0.234 e. The molecule has 1 aliphatic rings. The SMILES string of the molecule is Cc1ccc(C)c(C(C)NC(=O)CN2CCCN(c3ccnc(C)c3)CC2)c1. The van der Waals surface area contributed by atoms with E-state index in [1.807, 2.05) is 13.1 Å². The third-order valence-corrected chi connectivity index (χ3v) is 5.48. The monoisotopic (exact) mass is 380 g/mol. The highest BCUT2D eigenvalue weighted by atomic mass is 16.2. The largest absolute Gasteiger partial charge is 0.370 e. The Labute approximate surface area is 168 Å². The number of benzene rings is 1. The first-order chi connectivity index (χ1) is 13.4. The zero-order valence-corrected chi connectivity index (χ0v) is 17.5. The Morgan fingerprint density at radius 2 is 1.93 bits per heavy atom. The van der Waals surface area contributed by atoms with Crippen molar-refractivity contribution in [3.63, 3.8) is 0 Å². The van der Waals surface area contributed by atoms with Gasteiger partial charge in [-0.3, -0.25) is 14.7 Å². The molecule has 1 atom stereocenters. The number of amides is 1. The summed E-state index contributed by atoms with van der Waals surface area (Å²) in [6.45, 7) is 12.5. The molecule has 0 spiro atoms. The first-order valence-corrected chi connectivity index (χ1v) is 10.2. The average molecular weight is 381 g/mol. The Morgan fingerprint density at radius 1 is 1.11 bits per heavy atom. The van der Waals surface area contributed by atoms with Gasteiger partial charge in [0, 0.05) is 43.8 Å². The molecule has 1 aromatic heterocycles. The van der Waals surface area contributed by atoms with E-state index in [9.17, 15) is 4.79 Å². The third-order valence-electron chi connectivity index (χ3n) is 5.48. The van der Waals surface area contributed by atoms with Crippen LogP contribution < -0.4 is 10.2 Å². The van der Waals surface area contributed by atoms with Gasteiger partial charge in [-0.05, 0) is 57.4 Å². The number of nitrogens with one attached hydrogen (secondary N) is 1. The van der Waals surface area contributed by atoms with Crippen molar-refractivity contribution in [3.05, 3.63) is 58.9 Å². The maximum absolute atomic E-state index is 12.6. The lowest BCUT2D eigenvalue weighted by molar-refractivity contribution is -0.122. The van der Waals surface area contributed by atoms with Crippen molar-refractivity contribution in [3.8, 4) is 0 Å². The standard InChI is InChI=1S/C23H32N4O/c1-17-6-7-18(2)22(14-17)20(4)25-23(28)16-26-10-5-11-27(13-12-26)21-8-9-24-19(3)15-21/h6-9,14-15,20H,5,10-13,16H2,1-4H3,(H,25,28). The van der Waals surface area contributed by atoms with Crippen LogP contribution in [0, 0.1) is 20.8 Å². The van der Waals surface area contributed by atoms with Gasteiger partial charge >= 0.3 is 0 Å². The molecule has 0 aliphatic carbocycles. The summed E-state index contributed by atoms with van der Waals surface area (Å²) in [5.41, 5.74) is 5.90. The van der Waals surface area contributed by atoms with Gasteiger partial charge in [0.2, 0.25) is 5.91 Å². The van der Waals surface area contributed by atoms with Crippen molar-refractivity contribution >= 4 is 11.6 Å². The van der Waals surface area contributed by atoms with Crippen molar-refractivity contribution in [1.29, 1.82) is 0 Å². The van der Waals surface area contributed by atoms with Crippen molar-refractivity contribution in [2.45, 2.75) is 40.2 Å². The molecule has 1 saturated heterocycles. The molecule has 28 heavy (non-hydrogen) atoms. The van der Waals surface area contributed by atoms with E-state index in [0.29, 0.717) is 6.54 Å². The molecule has 1 aromatic carbocycles. The summed E-state index contributed by atoms with van der Waals surface area (Å²) in [4.78, 5) is 21.6. The van der Waals surface area contributed by atoms with Gasteiger partial charge in [0.25, 0.3) is 0 Å². The Balaban J connectivity index is 1.54. The minimum atomic E-state index is 0.0238. The Bertz CT molecular complexity index is 820. The van der Waals surface area contributed by atoms with Crippen LogP contribution in [0.2, 0.25) is 0 Å². The molecule has 5 nitrogen and oxygen atoms in total. The van der Waals surface area contributed by atoms with Gasteiger partial charge in [-0.25, -0.2) is 0 Å². The van der Waals surface area contributed by atoms with E-state index >= 15 is 0 Å². The van der Waals surface area contributed by atoms with Gasteiger partial charge in [0.05, 0.1) is 12.6 Å². The van der Waals surface area contributed by atoms with E-state index in [0.717, 1.165) is 38.3 Å². The van der Waals surface area contributed by atoms with Crippen LogP contribution in [0.25, 0.3) is 0 Å². The van der Waals surface area contributed by atoms with Gasteiger partial charge in [-0.1, -0.05) is 23.8 Å². The Hall–Kier alpha value is -2.40. The van der Waals surface area contributed by atoms with Gasteiger partial charge in [-0.15, -0.1) is 0 Å². The molecular weight excluding hydrogens is 348 g/mol. The van der Waals surface area contributed by atoms with Crippen molar-refractivity contribution < 1.29 is 4.79 Å². The van der Waals surface area contributed by atoms with Crippen molar-refractivity contribution in [2.24, 2.45) is 0 Å². The molecule has 3 rings (SSSR count). The van der Waals surface area contributed by atoms with Crippen LogP contribution in [0.5, 0.6) is 0 Å². The average Bonchev–Trinajstić information content (AvgIpc) is 2.89. The number of carbonyl (C=O) groups is 1. The lowest BCUT2D eigenvalue weighted by atomic mass is 10.00. The highest BCUT2D eigenvalue weighted by Gasteiger charge is 2.19. The minimum Gasteiger partial charge on any atom is -0.370 e. The van der Waals surface area contributed by atoms with Gasteiger partial charge < -0.3 is 10.2 Å². The molecule has 1 fully saturated rings. The second-order valence-corrected chi connectivity index (χ2v) is 7.92. The number of hydrogen-bond acceptors (Lipinski definition) is 4. The molecule has 1 amide bonds.